The summed E-state index contributed by atoms with van der Waals surface area (Å²) in [6, 6.07) is 60.1. The molecule has 0 amide bonds. The summed E-state index contributed by atoms with van der Waals surface area (Å²) in [7, 11) is -1.67. The van der Waals surface area contributed by atoms with E-state index in [0.717, 1.165) is 67.7 Å². The Morgan fingerprint density at radius 1 is 0.617 bits per heavy atom. The van der Waals surface area contributed by atoms with E-state index >= 15 is 0 Å². The van der Waals surface area contributed by atoms with Crippen LogP contribution in [0.1, 0.15) is 47.5 Å². The number of aromatic nitrogens is 6. The van der Waals surface area contributed by atoms with Crippen LogP contribution in [-0.4, -0.2) is 34.0 Å². The molecule has 60 heavy (non-hydrogen) atoms. The monoisotopic (exact) mass is 802 g/mol. The summed E-state index contributed by atoms with van der Waals surface area (Å²) in [5, 5.41) is 15.5. The lowest BCUT2D eigenvalue weighted by Crippen LogP contribution is -2.39. The minimum Gasteiger partial charge on any atom is -0.303 e. The van der Waals surface area contributed by atoms with Crippen LogP contribution in [0, 0.1) is 0 Å². The fourth-order valence-corrected chi connectivity index (χ4v) is 9.28. The van der Waals surface area contributed by atoms with Gasteiger partial charge in [0.1, 0.15) is 4.90 Å². The predicted octanol–water partition coefficient (Wildman–Crippen LogP) is 9.90. The first kappa shape index (κ1) is 38.4. The fraction of sp³-hybridized carbons (Fsp3) is 0.118. The molecule has 9 aromatic rings. The number of hydrogen-bond donors (Lipinski definition) is 0. The van der Waals surface area contributed by atoms with Gasteiger partial charge in [-0.05, 0) is 75.7 Å². The molecule has 3 aromatic heterocycles. The van der Waals surface area contributed by atoms with Gasteiger partial charge in [-0.1, -0.05) is 172 Å². The zero-order chi connectivity index (χ0) is 41.1. The van der Waals surface area contributed by atoms with Crippen molar-refractivity contribution in [2.45, 2.75) is 48.6 Å². The highest BCUT2D eigenvalue weighted by Gasteiger charge is 2.41. The molecule has 6 aromatic carbocycles. The molecular formula is C51H42N6O2S. The van der Waals surface area contributed by atoms with Crippen LogP contribution >= 0.6 is 0 Å². The molecule has 9 rings (SSSR count). The maximum atomic E-state index is 14.4. The molecule has 0 fully saturated rings. The van der Waals surface area contributed by atoms with Crippen LogP contribution in [0.3, 0.4) is 0 Å². The number of aryl methyl sites for hydroxylation is 2. The normalized spacial score (nSPS) is 12.1. The summed E-state index contributed by atoms with van der Waals surface area (Å²) in [4.78, 5) is 21.8. The Labute approximate surface area is 351 Å². The smallest absolute Gasteiger partial charge is 0.267 e. The Kier molecular flexibility index (Phi) is 10.7. The minimum atomic E-state index is -1.67. The number of rotatable bonds is 12. The maximum absolute atomic E-state index is 14.4. The van der Waals surface area contributed by atoms with Crippen molar-refractivity contribution >= 4 is 21.7 Å². The van der Waals surface area contributed by atoms with E-state index in [2.05, 4.69) is 68.4 Å². The highest BCUT2D eigenvalue weighted by molar-refractivity contribution is 7.85. The second kappa shape index (κ2) is 16.6. The summed E-state index contributed by atoms with van der Waals surface area (Å²) in [6.07, 6.45) is 1.42. The first-order chi connectivity index (χ1) is 29.5. The van der Waals surface area contributed by atoms with Gasteiger partial charge in [0.15, 0.2) is 5.54 Å². The first-order valence-electron chi connectivity index (χ1n) is 20.2. The fourth-order valence-electron chi connectivity index (χ4n) is 8.13. The zero-order valence-corrected chi connectivity index (χ0v) is 34.2. The lowest BCUT2D eigenvalue weighted by atomic mass is 9.77. The van der Waals surface area contributed by atoms with Crippen molar-refractivity contribution in [1.29, 1.82) is 0 Å². The molecule has 0 aliphatic heterocycles. The molecule has 0 spiro atoms. The molecule has 0 bridgehead atoms. The van der Waals surface area contributed by atoms with E-state index in [1.807, 2.05) is 109 Å². The topological polar surface area (TPSA) is 95.6 Å². The van der Waals surface area contributed by atoms with Crippen LogP contribution in [0.25, 0.3) is 33.4 Å². The summed E-state index contributed by atoms with van der Waals surface area (Å²) >= 11 is 0. The molecule has 0 saturated carbocycles. The van der Waals surface area contributed by atoms with Crippen LogP contribution in [0.4, 0.5) is 0 Å². The van der Waals surface area contributed by atoms with Crippen LogP contribution in [0.5, 0.6) is 0 Å². The summed E-state index contributed by atoms with van der Waals surface area (Å²) in [5.74, 6) is 0.496. The number of pyridine rings is 2. The molecule has 0 aliphatic rings. The van der Waals surface area contributed by atoms with Crippen LogP contribution < -0.4 is 5.56 Å². The quantitative estimate of drug-likeness (QED) is 0.114. The Bertz CT molecular complexity index is 2910. The van der Waals surface area contributed by atoms with Crippen molar-refractivity contribution in [3.05, 3.63) is 226 Å². The molecule has 294 valence electrons. The molecule has 8 nitrogen and oxygen atoms in total. The van der Waals surface area contributed by atoms with Crippen molar-refractivity contribution in [2.24, 2.45) is 0 Å². The van der Waals surface area contributed by atoms with Crippen LogP contribution in [-0.2, 0) is 35.7 Å². The van der Waals surface area contributed by atoms with Crippen molar-refractivity contribution in [2.75, 3.05) is 0 Å². The van der Waals surface area contributed by atoms with E-state index < -0.39 is 16.3 Å². The standard InChI is InChI=1S/C51H42N6O2S/c1-3-41-33-47-45(46(4-2)52-41)34-48(60(59)42-25-15-8-16-26-42)50(58)56(47)35-36-29-31-37(32-30-36)43-27-17-18-28-44(43)49-53-55-57(54-49)51(38-19-9-5-10-20-38,39-21-11-6-12-22-39)40-23-13-7-14-24-40/h5-34H,3-4,35H2,1-2H3. The molecule has 1 unspecified atom stereocenters. The third-order valence-electron chi connectivity index (χ3n) is 11.1. The summed E-state index contributed by atoms with van der Waals surface area (Å²) in [5.41, 5.74) is 8.11. The maximum Gasteiger partial charge on any atom is 0.267 e. The Hall–Kier alpha value is -7.10. The van der Waals surface area contributed by atoms with E-state index in [-0.39, 0.29) is 10.5 Å². The van der Waals surface area contributed by atoms with Gasteiger partial charge in [0.25, 0.3) is 5.56 Å². The molecule has 0 aliphatic carbocycles. The van der Waals surface area contributed by atoms with Gasteiger partial charge in [-0.25, -0.2) is 4.21 Å². The summed E-state index contributed by atoms with van der Waals surface area (Å²) < 4.78 is 15.7. The van der Waals surface area contributed by atoms with Gasteiger partial charge in [-0.2, -0.15) is 0 Å². The highest BCUT2D eigenvalue weighted by Crippen LogP contribution is 2.40. The van der Waals surface area contributed by atoms with Crippen molar-refractivity contribution < 1.29 is 4.21 Å². The molecule has 0 radical (unpaired) electrons. The third kappa shape index (κ3) is 6.96. The number of hydrogen-bond acceptors (Lipinski definition) is 6. The number of tetrazole rings is 1. The first-order valence-corrected chi connectivity index (χ1v) is 21.3. The van der Waals surface area contributed by atoms with Crippen molar-refractivity contribution in [3.63, 3.8) is 0 Å². The van der Waals surface area contributed by atoms with Gasteiger partial charge in [0.2, 0.25) is 5.82 Å². The van der Waals surface area contributed by atoms with E-state index in [1.165, 1.54) is 0 Å². The SMILES string of the molecule is CCc1cc2c(cc(S(=O)c3ccccc3)c(=O)n2Cc2ccc(-c3ccccc3-c3nnn(C(c4ccccc4)(c4ccccc4)c4ccccc4)n3)cc2)c(CC)n1. The van der Waals surface area contributed by atoms with Gasteiger partial charge in [-0.3, -0.25) is 9.78 Å². The largest absolute Gasteiger partial charge is 0.303 e. The number of benzene rings is 6. The average Bonchev–Trinajstić information content (AvgIpc) is 3.81. The van der Waals surface area contributed by atoms with E-state index in [9.17, 15) is 9.00 Å². The molecule has 0 N–H and O–H groups in total. The zero-order valence-electron chi connectivity index (χ0n) is 33.3. The van der Waals surface area contributed by atoms with Gasteiger partial charge in [0.05, 0.1) is 22.9 Å². The highest BCUT2D eigenvalue weighted by atomic mass is 32.2. The average molecular weight is 803 g/mol. The lowest BCUT2D eigenvalue weighted by molar-refractivity contribution is 0.396. The third-order valence-corrected chi connectivity index (χ3v) is 12.5. The second-order valence-electron chi connectivity index (χ2n) is 14.6. The van der Waals surface area contributed by atoms with Gasteiger partial charge in [0, 0.05) is 27.2 Å². The molecule has 0 saturated heterocycles. The predicted molar refractivity (Wildman–Crippen MR) is 238 cm³/mol. The van der Waals surface area contributed by atoms with E-state index in [1.54, 1.807) is 27.6 Å². The van der Waals surface area contributed by atoms with Crippen LogP contribution in [0.2, 0.25) is 0 Å². The number of fused-ring (bicyclic) bond motifs is 1. The Morgan fingerprint density at radius 2 is 1.17 bits per heavy atom. The van der Waals surface area contributed by atoms with Crippen molar-refractivity contribution in [3.8, 4) is 22.5 Å². The Morgan fingerprint density at radius 3 is 1.73 bits per heavy atom. The molecule has 9 heteroatoms. The molecule has 1 atom stereocenters. The van der Waals surface area contributed by atoms with Gasteiger partial charge >= 0.3 is 0 Å². The van der Waals surface area contributed by atoms with Crippen molar-refractivity contribution in [1.82, 2.24) is 29.8 Å². The number of nitrogens with zero attached hydrogens (tertiary/aromatic N) is 6. The van der Waals surface area contributed by atoms with Gasteiger partial charge < -0.3 is 4.57 Å². The lowest BCUT2D eigenvalue weighted by Gasteiger charge is -2.34. The second-order valence-corrected chi connectivity index (χ2v) is 16.1. The van der Waals surface area contributed by atoms with Gasteiger partial charge in [-0.15, -0.1) is 15.0 Å². The van der Waals surface area contributed by atoms with E-state index in [0.29, 0.717) is 23.7 Å². The Balaban J connectivity index is 1.11. The molecule has 3 heterocycles. The molecular weight excluding hydrogens is 761 g/mol. The van der Waals surface area contributed by atoms with E-state index in [4.69, 9.17) is 20.4 Å². The summed E-state index contributed by atoms with van der Waals surface area (Å²) in [6.45, 7) is 4.42. The van der Waals surface area contributed by atoms with Crippen LogP contribution in [0.15, 0.2) is 197 Å². The minimum absolute atomic E-state index is 0.247.